The highest BCUT2D eigenvalue weighted by Crippen LogP contribution is 2.20. The maximum absolute atomic E-state index is 10.2. The van der Waals surface area contributed by atoms with E-state index in [4.69, 9.17) is 4.74 Å². The zero-order chi connectivity index (χ0) is 13.0. The normalized spacial score (nSPS) is 21.4. The molecule has 0 bridgehead atoms. The predicted molar refractivity (Wildman–Crippen MR) is 75.5 cm³/mol. The van der Waals surface area contributed by atoms with E-state index in [0.29, 0.717) is 12.5 Å². The van der Waals surface area contributed by atoms with Gasteiger partial charge in [0.15, 0.2) is 0 Å². The van der Waals surface area contributed by atoms with E-state index < -0.39 is 6.10 Å². The maximum atomic E-state index is 10.2. The van der Waals surface area contributed by atoms with Gasteiger partial charge in [0.25, 0.3) is 0 Å². The second-order valence-electron chi connectivity index (χ2n) is 5.02. The number of halogens is 1. The number of rotatable bonds is 5. The van der Waals surface area contributed by atoms with Gasteiger partial charge in [0.1, 0.15) is 0 Å². The van der Waals surface area contributed by atoms with Crippen molar-refractivity contribution in [2.75, 3.05) is 33.4 Å². The first-order valence-electron chi connectivity index (χ1n) is 6.35. The lowest BCUT2D eigenvalue weighted by Crippen LogP contribution is -2.30. The van der Waals surface area contributed by atoms with Crippen molar-refractivity contribution in [3.8, 4) is 0 Å². The molecule has 0 amide bonds. The number of benzene rings is 1. The monoisotopic (exact) mass is 313 g/mol. The van der Waals surface area contributed by atoms with Crippen molar-refractivity contribution in [3.05, 3.63) is 34.3 Å². The van der Waals surface area contributed by atoms with Crippen molar-refractivity contribution in [1.82, 2.24) is 4.90 Å². The SMILES string of the molecule is CN(CC1CCOC1)CC(O)c1cccc(Br)c1. The Bertz CT molecular complexity index is 380. The first kappa shape index (κ1) is 14.0. The van der Waals surface area contributed by atoms with Gasteiger partial charge in [-0.15, -0.1) is 0 Å². The number of aliphatic hydroxyl groups is 1. The van der Waals surface area contributed by atoms with Crippen LogP contribution >= 0.6 is 15.9 Å². The fourth-order valence-corrected chi connectivity index (χ4v) is 2.77. The molecule has 1 fully saturated rings. The third-order valence-corrected chi connectivity index (χ3v) is 3.81. The van der Waals surface area contributed by atoms with Crippen molar-refractivity contribution < 1.29 is 9.84 Å². The lowest BCUT2D eigenvalue weighted by atomic mass is 10.1. The van der Waals surface area contributed by atoms with Gasteiger partial charge in [-0.05, 0) is 37.1 Å². The Hall–Kier alpha value is -0.420. The minimum absolute atomic E-state index is 0.435. The summed E-state index contributed by atoms with van der Waals surface area (Å²) in [6, 6.07) is 7.85. The van der Waals surface area contributed by atoms with Crippen LogP contribution in [0.15, 0.2) is 28.7 Å². The Morgan fingerprint density at radius 2 is 2.39 bits per heavy atom. The summed E-state index contributed by atoms with van der Waals surface area (Å²) in [5.74, 6) is 0.615. The first-order chi connectivity index (χ1) is 8.65. The topological polar surface area (TPSA) is 32.7 Å². The Kier molecular flexibility index (Phi) is 5.18. The molecule has 1 heterocycles. The van der Waals surface area contributed by atoms with Gasteiger partial charge >= 0.3 is 0 Å². The van der Waals surface area contributed by atoms with E-state index in [2.05, 4.69) is 27.9 Å². The average Bonchev–Trinajstić information content (AvgIpc) is 2.81. The fourth-order valence-electron chi connectivity index (χ4n) is 2.36. The van der Waals surface area contributed by atoms with E-state index in [1.165, 1.54) is 0 Å². The molecule has 2 atom stereocenters. The third-order valence-electron chi connectivity index (χ3n) is 3.31. The molecule has 2 rings (SSSR count). The first-order valence-corrected chi connectivity index (χ1v) is 7.14. The number of ether oxygens (including phenoxy) is 1. The molecule has 1 aliphatic rings. The zero-order valence-corrected chi connectivity index (χ0v) is 12.3. The van der Waals surface area contributed by atoms with Crippen LogP contribution in [-0.2, 0) is 4.74 Å². The van der Waals surface area contributed by atoms with E-state index in [-0.39, 0.29) is 0 Å². The number of aliphatic hydroxyl groups excluding tert-OH is 1. The largest absolute Gasteiger partial charge is 0.387 e. The van der Waals surface area contributed by atoms with Gasteiger partial charge in [0, 0.05) is 24.2 Å². The summed E-state index contributed by atoms with van der Waals surface area (Å²) in [5.41, 5.74) is 0.957. The summed E-state index contributed by atoms with van der Waals surface area (Å²) in [5, 5.41) is 10.2. The van der Waals surface area contributed by atoms with Crippen molar-refractivity contribution in [2.24, 2.45) is 5.92 Å². The van der Waals surface area contributed by atoms with Crippen LogP contribution in [0.1, 0.15) is 18.1 Å². The molecule has 1 saturated heterocycles. The molecule has 0 radical (unpaired) electrons. The van der Waals surface area contributed by atoms with Crippen molar-refractivity contribution in [1.29, 1.82) is 0 Å². The molecule has 1 aromatic carbocycles. The summed E-state index contributed by atoms with van der Waals surface area (Å²) < 4.78 is 6.37. The molecule has 0 aromatic heterocycles. The number of hydrogen-bond donors (Lipinski definition) is 1. The Morgan fingerprint density at radius 3 is 3.06 bits per heavy atom. The van der Waals surface area contributed by atoms with Crippen molar-refractivity contribution in [3.63, 3.8) is 0 Å². The Labute approximate surface area is 117 Å². The summed E-state index contributed by atoms with van der Waals surface area (Å²) in [6.45, 7) is 3.39. The van der Waals surface area contributed by atoms with E-state index in [1.807, 2.05) is 24.3 Å². The van der Waals surface area contributed by atoms with Crippen LogP contribution in [0.2, 0.25) is 0 Å². The predicted octanol–water partition coefficient (Wildman–Crippen LogP) is 2.45. The molecule has 1 aromatic rings. The van der Waals surface area contributed by atoms with Crippen LogP contribution in [0.25, 0.3) is 0 Å². The van der Waals surface area contributed by atoms with Crippen molar-refractivity contribution >= 4 is 15.9 Å². The molecule has 1 N–H and O–H groups in total. The van der Waals surface area contributed by atoms with Crippen LogP contribution < -0.4 is 0 Å². The summed E-state index contributed by atoms with van der Waals surface area (Å²) >= 11 is 3.43. The molecule has 2 unspecified atom stereocenters. The summed E-state index contributed by atoms with van der Waals surface area (Å²) in [6.07, 6.45) is 0.701. The van der Waals surface area contributed by atoms with Crippen LogP contribution in [0.3, 0.4) is 0 Å². The van der Waals surface area contributed by atoms with Gasteiger partial charge in [-0.3, -0.25) is 0 Å². The van der Waals surface area contributed by atoms with Gasteiger partial charge in [-0.2, -0.15) is 0 Å². The van der Waals surface area contributed by atoms with Crippen molar-refractivity contribution in [2.45, 2.75) is 12.5 Å². The zero-order valence-electron chi connectivity index (χ0n) is 10.7. The standard InChI is InChI=1S/C14H20BrNO2/c1-16(8-11-5-6-18-10-11)9-14(17)12-3-2-4-13(15)7-12/h2-4,7,11,14,17H,5-6,8-10H2,1H3. The minimum atomic E-state index is -0.435. The van der Waals surface area contributed by atoms with E-state index in [1.54, 1.807) is 0 Å². The number of nitrogens with zero attached hydrogens (tertiary/aromatic N) is 1. The second kappa shape index (κ2) is 6.66. The maximum Gasteiger partial charge on any atom is 0.0917 e. The second-order valence-corrected chi connectivity index (χ2v) is 5.94. The third kappa shape index (κ3) is 4.05. The number of hydrogen-bond acceptors (Lipinski definition) is 3. The van der Waals surface area contributed by atoms with E-state index >= 15 is 0 Å². The highest BCUT2D eigenvalue weighted by molar-refractivity contribution is 9.10. The van der Waals surface area contributed by atoms with Gasteiger partial charge in [0.2, 0.25) is 0 Å². The van der Waals surface area contributed by atoms with Crippen LogP contribution in [-0.4, -0.2) is 43.4 Å². The van der Waals surface area contributed by atoms with Crippen LogP contribution in [0, 0.1) is 5.92 Å². The molecule has 18 heavy (non-hydrogen) atoms. The molecule has 0 saturated carbocycles. The number of likely N-dealkylation sites (N-methyl/N-ethyl adjacent to an activating group) is 1. The van der Waals surface area contributed by atoms with E-state index in [9.17, 15) is 5.11 Å². The minimum Gasteiger partial charge on any atom is -0.387 e. The Balaban J connectivity index is 1.84. The molecule has 4 heteroatoms. The van der Waals surface area contributed by atoms with Gasteiger partial charge < -0.3 is 14.7 Å². The lowest BCUT2D eigenvalue weighted by molar-refractivity contribution is 0.113. The summed E-state index contributed by atoms with van der Waals surface area (Å²) in [7, 11) is 2.06. The highest BCUT2D eigenvalue weighted by atomic mass is 79.9. The molecular formula is C14H20BrNO2. The molecular weight excluding hydrogens is 294 g/mol. The van der Waals surface area contributed by atoms with Gasteiger partial charge in [-0.1, -0.05) is 28.1 Å². The molecule has 100 valence electrons. The molecule has 0 spiro atoms. The van der Waals surface area contributed by atoms with Crippen LogP contribution in [0.4, 0.5) is 0 Å². The average molecular weight is 314 g/mol. The molecule has 3 nitrogen and oxygen atoms in total. The quantitative estimate of drug-likeness (QED) is 0.906. The highest BCUT2D eigenvalue weighted by Gasteiger charge is 2.19. The van der Waals surface area contributed by atoms with Gasteiger partial charge in [-0.25, -0.2) is 0 Å². The molecule has 0 aliphatic carbocycles. The lowest BCUT2D eigenvalue weighted by Gasteiger charge is -2.23. The van der Waals surface area contributed by atoms with E-state index in [0.717, 1.165) is 36.2 Å². The summed E-state index contributed by atoms with van der Waals surface area (Å²) in [4.78, 5) is 2.19. The van der Waals surface area contributed by atoms with Crippen LogP contribution in [0.5, 0.6) is 0 Å². The molecule has 1 aliphatic heterocycles. The van der Waals surface area contributed by atoms with Gasteiger partial charge in [0.05, 0.1) is 12.7 Å². The fraction of sp³-hybridized carbons (Fsp3) is 0.571. The Morgan fingerprint density at radius 1 is 1.56 bits per heavy atom. The smallest absolute Gasteiger partial charge is 0.0917 e.